The number of sulfonamides is 1. The molecular weight excluding hydrogens is 295 g/mol. The topological polar surface area (TPSA) is 80.5 Å². The zero-order valence-electron chi connectivity index (χ0n) is 11.9. The van der Waals surface area contributed by atoms with Crippen molar-refractivity contribution in [1.82, 2.24) is 4.31 Å². The molecule has 0 aromatic heterocycles. The summed E-state index contributed by atoms with van der Waals surface area (Å²) in [6.45, 7) is 1.98. The van der Waals surface area contributed by atoms with Crippen LogP contribution in [-0.2, 0) is 14.8 Å². The molecular formula is C14H19FN2O3S. The Bertz CT molecular complexity index is 646. The van der Waals surface area contributed by atoms with Gasteiger partial charge in [-0.15, -0.1) is 0 Å². The number of rotatable bonds is 4. The van der Waals surface area contributed by atoms with Gasteiger partial charge in [0.1, 0.15) is 10.7 Å². The highest BCUT2D eigenvalue weighted by molar-refractivity contribution is 7.89. The SMILES string of the molecule is Cc1ccc(S(=O)(=O)N2CCCC[C@H]2CC(N)=O)c(F)c1. The molecule has 0 unspecified atom stereocenters. The first-order chi connectivity index (χ1) is 9.82. The predicted molar refractivity (Wildman–Crippen MR) is 76.5 cm³/mol. The highest BCUT2D eigenvalue weighted by Crippen LogP contribution is 2.28. The number of halogens is 1. The summed E-state index contributed by atoms with van der Waals surface area (Å²) in [6, 6.07) is 3.54. The molecule has 1 saturated heterocycles. The number of carbonyl (C=O) groups is 1. The summed E-state index contributed by atoms with van der Waals surface area (Å²) in [5.74, 6) is -1.31. The van der Waals surface area contributed by atoms with Crippen LogP contribution < -0.4 is 5.73 Å². The van der Waals surface area contributed by atoms with Crippen molar-refractivity contribution in [2.24, 2.45) is 5.73 Å². The Labute approximate surface area is 124 Å². The van der Waals surface area contributed by atoms with Crippen LogP contribution in [0.1, 0.15) is 31.2 Å². The van der Waals surface area contributed by atoms with E-state index in [9.17, 15) is 17.6 Å². The molecule has 0 bridgehead atoms. The minimum absolute atomic E-state index is 0.0350. The van der Waals surface area contributed by atoms with E-state index in [2.05, 4.69) is 0 Å². The number of hydrogen-bond acceptors (Lipinski definition) is 3. The first kappa shape index (κ1) is 15.9. The van der Waals surface area contributed by atoms with Crippen molar-refractivity contribution in [3.63, 3.8) is 0 Å². The molecule has 21 heavy (non-hydrogen) atoms. The van der Waals surface area contributed by atoms with E-state index in [0.717, 1.165) is 6.42 Å². The smallest absolute Gasteiger partial charge is 0.246 e. The third-order valence-electron chi connectivity index (χ3n) is 3.68. The number of hydrogen-bond donors (Lipinski definition) is 1. The summed E-state index contributed by atoms with van der Waals surface area (Å²) in [7, 11) is -3.95. The number of amides is 1. The lowest BCUT2D eigenvalue weighted by atomic mass is 10.0. The Balaban J connectivity index is 2.38. The van der Waals surface area contributed by atoms with E-state index in [1.165, 1.54) is 16.4 Å². The van der Waals surface area contributed by atoms with Gasteiger partial charge in [-0.2, -0.15) is 4.31 Å². The van der Waals surface area contributed by atoms with Crippen LogP contribution in [0.15, 0.2) is 23.1 Å². The molecule has 1 atom stereocenters. The monoisotopic (exact) mass is 314 g/mol. The number of primary amides is 1. The number of piperidine rings is 1. The first-order valence-electron chi connectivity index (χ1n) is 6.88. The van der Waals surface area contributed by atoms with Gasteiger partial charge in [-0.3, -0.25) is 4.79 Å². The fourth-order valence-corrected chi connectivity index (χ4v) is 4.41. The van der Waals surface area contributed by atoms with Crippen LogP contribution in [0.25, 0.3) is 0 Å². The van der Waals surface area contributed by atoms with Gasteiger partial charge < -0.3 is 5.73 Å². The van der Waals surface area contributed by atoms with Crippen molar-refractivity contribution >= 4 is 15.9 Å². The van der Waals surface area contributed by atoms with Gasteiger partial charge in [0.25, 0.3) is 0 Å². The van der Waals surface area contributed by atoms with Crippen LogP contribution in [0.4, 0.5) is 4.39 Å². The van der Waals surface area contributed by atoms with Gasteiger partial charge in [-0.05, 0) is 37.5 Å². The maximum absolute atomic E-state index is 14.0. The van der Waals surface area contributed by atoms with Crippen LogP contribution in [0, 0.1) is 12.7 Å². The summed E-state index contributed by atoms with van der Waals surface area (Å²) in [4.78, 5) is 10.8. The Morgan fingerprint density at radius 3 is 2.76 bits per heavy atom. The summed E-state index contributed by atoms with van der Waals surface area (Å²) >= 11 is 0. The molecule has 0 spiro atoms. The Kier molecular flexibility index (Phi) is 4.63. The average Bonchev–Trinajstić information content (AvgIpc) is 2.37. The van der Waals surface area contributed by atoms with Gasteiger partial charge in [0.2, 0.25) is 15.9 Å². The molecule has 7 heteroatoms. The lowest BCUT2D eigenvalue weighted by Gasteiger charge is -2.34. The van der Waals surface area contributed by atoms with E-state index < -0.39 is 27.8 Å². The van der Waals surface area contributed by atoms with Gasteiger partial charge >= 0.3 is 0 Å². The van der Waals surface area contributed by atoms with Gasteiger partial charge in [0.15, 0.2) is 0 Å². The molecule has 1 aliphatic rings. The van der Waals surface area contributed by atoms with Crippen molar-refractivity contribution in [3.05, 3.63) is 29.6 Å². The van der Waals surface area contributed by atoms with Crippen LogP contribution in [0.2, 0.25) is 0 Å². The lowest BCUT2D eigenvalue weighted by molar-refractivity contribution is -0.119. The number of carbonyl (C=O) groups excluding carboxylic acids is 1. The van der Waals surface area contributed by atoms with Gasteiger partial charge in [-0.25, -0.2) is 12.8 Å². The fourth-order valence-electron chi connectivity index (χ4n) is 2.67. The quantitative estimate of drug-likeness (QED) is 0.915. The van der Waals surface area contributed by atoms with Crippen molar-refractivity contribution in [2.45, 2.75) is 43.5 Å². The van der Waals surface area contributed by atoms with E-state index in [-0.39, 0.29) is 17.9 Å². The number of benzene rings is 1. The van der Waals surface area contributed by atoms with E-state index in [1.54, 1.807) is 13.0 Å². The van der Waals surface area contributed by atoms with Crippen molar-refractivity contribution < 1.29 is 17.6 Å². The van der Waals surface area contributed by atoms with Gasteiger partial charge in [-0.1, -0.05) is 12.5 Å². The maximum Gasteiger partial charge on any atom is 0.246 e. The molecule has 1 aromatic rings. The van der Waals surface area contributed by atoms with E-state index in [4.69, 9.17) is 5.73 Å². The lowest BCUT2D eigenvalue weighted by Crippen LogP contribution is -2.45. The van der Waals surface area contributed by atoms with E-state index in [1.807, 2.05) is 0 Å². The van der Waals surface area contributed by atoms with E-state index >= 15 is 0 Å². The summed E-state index contributed by atoms with van der Waals surface area (Å²) < 4.78 is 40.5. The Morgan fingerprint density at radius 1 is 1.43 bits per heavy atom. The first-order valence-corrected chi connectivity index (χ1v) is 8.32. The molecule has 1 heterocycles. The third kappa shape index (κ3) is 3.41. The highest BCUT2D eigenvalue weighted by Gasteiger charge is 2.35. The number of aryl methyl sites for hydroxylation is 1. The molecule has 0 radical (unpaired) electrons. The minimum atomic E-state index is -3.95. The normalized spacial score (nSPS) is 20.4. The van der Waals surface area contributed by atoms with Crippen LogP contribution in [0.5, 0.6) is 0 Å². The van der Waals surface area contributed by atoms with Crippen LogP contribution in [0.3, 0.4) is 0 Å². The molecule has 1 amide bonds. The standard InChI is InChI=1S/C14H19FN2O3S/c1-10-5-6-13(12(15)8-10)21(19,20)17-7-3-2-4-11(17)9-14(16)18/h5-6,8,11H,2-4,7,9H2,1H3,(H2,16,18)/t11-/m0/s1. The number of nitrogens with two attached hydrogens (primary N) is 1. The second kappa shape index (κ2) is 6.11. The average molecular weight is 314 g/mol. The second-order valence-corrected chi connectivity index (χ2v) is 7.23. The van der Waals surface area contributed by atoms with Crippen LogP contribution in [-0.4, -0.2) is 31.2 Å². The molecule has 1 aliphatic heterocycles. The Hall–Kier alpha value is -1.47. The molecule has 1 aromatic carbocycles. The highest BCUT2D eigenvalue weighted by atomic mass is 32.2. The maximum atomic E-state index is 14.0. The van der Waals surface area contributed by atoms with Crippen LogP contribution >= 0.6 is 0 Å². The fraction of sp³-hybridized carbons (Fsp3) is 0.500. The largest absolute Gasteiger partial charge is 0.370 e. The molecule has 2 N–H and O–H groups in total. The minimum Gasteiger partial charge on any atom is -0.370 e. The molecule has 116 valence electrons. The predicted octanol–water partition coefficient (Wildman–Crippen LogP) is 1.55. The molecule has 0 saturated carbocycles. The van der Waals surface area contributed by atoms with Gasteiger partial charge in [0, 0.05) is 19.0 Å². The summed E-state index contributed by atoms with van der Waals surface area (Å²) in [5, 5.41) is 0. The van der Waals surface area contributed by atoms with E-state index in [0.29, 0.717) is 18.4 Å². The Morgan fingerprint density at radius 2 is 2.14 bits per heavy atom. The van der Waals surface area contributed by atoms with Gasteiger partial charge in [0.05, 0.1) is 0 Å². The zero-order chi connectivity index (χ0) is 15.6. The summed E-state index contributed by atoms with van der Waals surface area (Å²) in [5.41, 5.74) is 5.83. The molecule has 0 aliphatic carbocycles. The number of nitrogens with zero attached hydrogens (tertiary/aromatic N) is 1. The molecule has 5 nitrogen and oxygen atoms in total. The zero-order valence-corrected chi connectivity index (χ0v) is 12.7. The van der Waals surface area contributed by atoms with Crippen molar-refractivity contribution in [2.75, 3.05) is 6.54 Å². The molecule has 1 fully saturated rings. The third-order valence-corrected chi connectivity index (χ3v) is 5.67. The second-order valence-electron chi connectivity index (χ2n) is 5.37. The van der Waals surface area contributed by atoms with Crippen molar-refractivity contribution in [3.8, 4) is 0 Å². The molecule has 2 rings (SSSR count). The van der Waals surface area contributed by atoms with Crippen molar-refractivity contribution in [1.29, 1.82) is 0 Å². The summed E-state index contributed by atoms with van der Waals surface area (Å²) in [6.07, 6.45) is 2.06.